The summed E-state index contributed by atoms with van der Waals surface area (Å²) in [7, 11) is 0. The average molecular weight is 292 g/mol. The zero-order valence-corrected chi connectivity index (χ0v) is 12.0. The summed E-state index contributed by atoms with van der Waals surface area (Å²) in [4.78, 5) is 12.6. The van der Waals surface area contributed by atoms with Crippen LogP contribution in [0.1, 0.15) is 32.1 Å². The molecular formula is C15H18ClN3O. The van der Waals surface area contributed by atoms with Gasteiger partial charge in [-0.2, -0.15) is 0 Å². The Morgan fingerprint density at radius 1 is 1.05 bits per heavy atom. The van der Waals surface area contributed by atoms with Crippen LogP contribution in [0.25, 0.3) is 0 Å². The number of nitrogens with one attached hydrogen (secondary N) is 1. The maximum absolute atomic E-state index is 12.6. The van der Waals surface area contributed by atoms with Gasteiger partial charge in [0.05, 0.1) is 0 Å². The van der Waals surface area contributed by atoms with Gasteiger partial charge in [0.2, 0.25) is 5.91 Å². The number of anilines is 1. The van der Waals surface area contributed by atoms with E-state index in [0.717, 1.165) is 11.8 Å². The van der Waals surface area contributed by atoms with Gasteiger partial charge >= 0.3 is 0 Å². The summed E-state index contributed by atoms with van der Waals surface area (Å²) in [6, 6.07) is 3.37. The molecule has 4 aliphatic rings. The molecule has 4 fully saturated rings. The Kier molecular flexibility index (Phi) is 2.95. The molecule has 0 aromatic carbocycles. The van der Waals surface area contributed by atoms with Gasteiger partial charge in [0.1, 0.15) is 0 Å². The summed E-state index contributed by atoms with van der Waals surface area (Å²) in [5, 5.41) is 11.0. The number of amides is 1. The molecule has 5 rings (SSSR count). The molecule has 1 heterocycles. The number of carbonyl (C=O) groups excluding carboxylic acids is 1. The molecule has 0 aliphatic heterocycles. The number of carbonyl (C=O) groups is 1. The maximum atomic E-state index is 12.6. The number of hydrogen-bond acceptors (Lipinski definition) is 3. The van der Waals surface area contributed by atoms with Crippen molar-refractivity contribution in [2.24, 2.45) is 29.6 Å². The third-order valence-corrected chi connectivity index (χ3v) is 5.61. The molecule has 106 valence electrons. The van der Waals surface area contributed by atoms with Gasteiger partial charge in [0, 0.05) is 5.92 Å². The summed E-state index contributed by atoms with van der Waals surface area (Å²) in [5.41, 5.74) is 0. The number of halogens is 1. The Hall–Kier alpha value is -1.16. The van der Waals surface area contributed by atoms with E-state index >= 15 is 0 Å². The molecule has 20 heavy (non-hydrogen) atoms. The molecular weight excluding hydrogens is 274 g/mol. The predicted molar refractivity (Wildman–Crippen MR) is 76.2 cm³/mol. The van der Waals surface area contributed by atoms with Gasteiger partial charge in [-0.25, -0.2) is 0 Å². The van der Waals surface area contributed by atoms with E-state index in [4.69, 9.17) is 11.6 Å². The van der Waals surface area contributed by atoms with E-state index in [-0.39, 0.29) is 11.8 Å². The van der Waals surface area contributed by atoms with E-state index in [1.165, 1.54) is 32.1 Å². The van der Waals surface area contributed by atoms with E-state index < -0.39 is 0 Å². The van der Waals surface area contributed by atoms with Gasteiger partial charge in [0.25, 0.3) is 0 Å². The molecule has 0 spiro atoms. The summed E-state index contributed by atoms with van der Waals surface area (Å²) in [6.45, 7) is 0. The van der Waals surface area contributed by atoms with Crippen LogP contribution in [0.15, 0.2) is 12.1 Å². The Morgan fingerprint density at radius 2 is 1.70 bits per heavy atom. The van der Waals surface area contributed by atoms with E-state index in [1.54, 1.807) is 12.1 Å². The lowest BCUT2D eigenvalue weighted by molar-refractivity contribution is -0.132. The molecule has 0 radical (unpaired) electrons. The lowest BCUT2D eigenvalue weighted by atomic mass is 9.51. The molecule has 1 aromatic rings. The summed E-state index contributed by atoms with van der Waals surface area (Å²) < 4.78 is 0. The highest BCUT2D eigenvalue weighted by Gasteiger charge is 2.50. The maximum Gasteiger partial charge on any atom is 0.229 e. The second-order valence-electron chi connectivity index (χ2n) is 6.69. The summed E-state index contributed by atoms with van der Waals surface area (Å²) >= 11 is 5.71. The highest BCUT2D eigenvalue weighted by Crippen LogP contribution is 2.56. The van der Waals surface area contributed by atoms with Crippen LogP contribution >= 0.6 is 11.6 Å². The van der Waals surface area contributed by atoms with Crippen LogP contribution in [0.5, 0.6) is 0 Å². The predicted octanol–water partition coefficient (Wildman–Crippen LogP) is 3.14. The van der Waals surface area contributed by atoms with Crippen molar-refractivity contribution in [1.29, 1.82) is 0 Å². The first kappa shape index (κ1) is 12.6. The molecule has 1 N–H and O–H groups in total. The first-order valence-electron chi connectivity index (χ1n) is 7.49. The SMILES string of the molecule is O=C(Nc1ccc(Cl)nn1)C1C2CC3CC(C2)CC1C3. The van der Waals surface area contributed by atoms with E-state index in [0.29, 0.717) is 22.8 Å². The van der Waals surface area contributed by atoms with E-state index in [9.17, 15) is 4.79 Å². The highest BCUT2D eigenvalue weighted by atomic mass is 35.5. The first-order valence-corrected chi connectivity index (χ1v) is 7.87. The molecule has 0 atom stereocenters. The number of nitrogens with zero attached hydrogens (tertiary/aromatic N) is 2. The normalized spacial score (nSPS) is 38.0. The molecule has 4 bridgehead atoms. The summed E-state index contributed by atoms with van der Waals surface area (Å²) in [5.74, 6) is 3.77. The van der Waals surface area contributed by atoms with Crippen molar-refractivity contribution in [2.75, 3.05) is 5.32 Å². The second kappa shape index (κ2) is 4.69. The Labute approximate surface area is 123 Å². The van der Waals surface area contributed by atoms with Gasteiger partial charge in [-0.05, 0) is 67.9 Å². The lowest BCUT2D eigenvalue weighted by Crippen LogP contribution is -2.49. The topological polar surface area (TPSA) is 54.9 Å². The number of hydrogen-bond donors (Lipinski definition) is 1. The molecule has 4 nitrogen and oxygen atoms in total. The van der Waals surface area contributed by atoms with E-state index in [2.05, 4.69) is 15.5 Å². The molecule has 4 saturated carbocycles. The van der Waals surface area contributed by atoms with Crippen LogP contribution in [-0.4, -0.2) is 16.1 Å². The van der Waals surface area contributed by atoms with E-state index in [1.807, 2.05) is 0 Å². The zero-order valence-electron chi connectivity index (χ0n) is 11.3. The average Bonchev–Trinajstić information content (AvgIpc) is 2.40. The van der Waals surface area contributed by atoms with Gasteiger partial charge in [0.15, 0.2) is 11.0 Å². The quantitative estimate of drug-likeness (QED) is 0.911. The van der Waals surface area contributed by atoms with Crippen molar-refractivity contribution < 1.29 is 4.79 Å². The smallest absolute Gasteiger partial charge is 0.229 e. The van der Waals surface area contributed by atoms with Gasteiger partial charge in [-0.1, -0.05) is 11.6 Å². The van der Waals surface area contributed by atoms with Crippen molar-refractivity contribution in [3.63, 3.8) is 0 Å². The van der Waals surface area contributed by atoms with Crippen molar-refractivity contribution in [2.45, 2.75) is 32.1 Å². The first-order chi connectivity index (χ1) is 9.69. The van der Waals surface area contributed by atoms with Crippen LogP contribution < -0.4 is 5.32 Å². The summed E-state index contributed by atoms with van der Waals surface area (Å²) in [6.07, 6.45) is 6.40. The molecule has 1 amide bonds. The molecule has 0 saturated heterocycles. The van der Waals surface area contributed by atoms with Crippen LogP contribution in [0.4, 0.5) is 5.82 Å². The minimum absolute atomic E-state index is 0.135. The van der Waals surface area contributed by atoms with Crippen molar-refractivity contribution in [3.8, 4) is 0 Å². The van der Waals surface area contributed by atoms with Gasteiger partial charge in [-0.15, -0.1) is 10.2 Å². The second-order valence-corrected chi connectivity index (χ2v) is 7.07. The highest BCUT2D eigenvalue weighted by molar-refractivity contribution is 6.29. The van der Waals surface area contributed by atoms with Crippen molar-refractivity contribution >= 4 is 23.3 Å². The lowest BCUT2D eigenvalue weighted by Gasteiger charge is -2.53. The van der Waals surface area contributed by atoms with Crippen LogP contribution in [0.3, 0.4) is 0 Å². The largest absolute Gasteiger partial charge is 0.309 e. The van der Waals surface area contributed by atoms with Crippen molar-refractivity contribution in [3.05, 3.63) is 17.3 Å². The Bertz CT molecular complexity index is 502. The van der Waals surface area contributed by atoms with Crippen LogP contribution in [-0.2, 0) is 4.79 Å². The molecule has 5 heteroatoms. The number of aromatic nitrogens is 2. The minimum Gasteiger partial charge on any atom is -0.309 e. The third-order valence-electron chi connectivity index (χ3n) is 5.41. The standard InChI is InChI=1S/C15H18ClN3O/c16-12-1-2-13(19-18-12)17-15(20)14-10-4-8-3-9(6-10)7-11(14)5-8/h1-2,8-11,14H,3-7H2,(H,17,19,20). The monoisotopic (exact) mass is 291 g/mol. The van der Waals surface area contributed by atoms with Gasteiger partial charge in [-0.3, -0.25) is 4.79 Å². The fraction of sp³-hybridized carbons (Fsp3) is 0.667. The molecule has 0 unspecified atom stereocenters. The van der Waals surface area contributed by atoms with Crippen LogP contribution in [0.2, 0.25) is 5.15 Å². The number of rotatable bonds is 2. The Morgan fingerprint density at radius 3 is 2.25 bits per heavy atom. The third kappa shape index (κ3) is 2.10. The molecule has 4 aliphatic carbocycles. The van der Waals surface area contributed by atoms with Crippen LogP contribution in [0, 0.1) is 29.6 Å². The molecule has 1 aromatic heterocycles. The zero-order chi connectivity index (χ0) is 13.7. The Balaban J connectivity index is 1.50. The fourth-order valence-electron chi connectivity index (χ4n) is 4.95. The van der Waals surface area contributed by atoms with Crippen molar-refractivity contribution in [1.82, 2.24) is 10.2 Å². The fourth-order valence-corrected chi connectivity index (χ4v) is 5.05. The minimum atomic E-state index is 0.135. The van der Waals surface area contributed by atoms with Gasteiger partial charge < -0.3 is 5.32 Å².